The minimum atomic E-state index is -0.0570. The molecule has 7 heteroatoms. The Morgan fingerprint density at radius 3 is 2.42 bits per heavy atom. The van der Waals surface area contributed by atoms with Gasteiger partial charge in [0.15, 0.2) is 5.96 Å². The minimum absolute atomic E-state index is 0.0570. The topological polar surface area (TPSA) is 70.9 Å². The second-order valence-corrected chi connectivity index (χ2v) is 7.93. The molecule has 0 atom stereocenters. The maximum absolute atomic E-state index is 6.16. The van der Waals surface area contributed by atoms with Crippen molar-refractivity contribution in [2.75, 3.05) is 31.1 Å². The molecule has 26 heavy (non-hydrogen) atoms. The number of hydrogen-bond acceptors (Lipinski definition) is 4. The number of anilines is 1. The van der Waals surface area contributed by atoms with Gasteiger partial charge in [0.1, 0.15) is 12.3 Å². The van der Waals surface area contributed by atoms with Gasteiger partial charge in [-0.25, -0.2) is 9.98 Å². The van der Waals surface area contributed by atoms with Crippen molar-refractivity contribution in [1.82, 2.24) is 9.88 Å². The zero-order valence-corrected chi connectivity index (χ0v) is 16.3. The molecule has 1 aliphatic rings. The van der Waals surface area contributed by atoms with Crippen LogP contribution in [0.3, 0.4) is 0 Å². The van der Waals surface area contributed by atoms with Crippen molar-refractivity contribution in [3.05, 3.63) is 47.1 Å². The van der Waals surface area contributed by atoms with E-state index in [1.165, 1.54) is 5.69 Å². The van der Waals surface area contributed by atoms with Crippen molar-refractivity contribution in [3.63, 3.8) is 0 Å². The second-order valence-electron chi connectivity index (χ2n) is 7.49. The number of piperazine rings is 1. The highest BCUT2D eigenvalue weighted by Crippen LogP contribution is 2.23. The number of aromatic nitrogens is 1. The Kier molecular flexibility index (Phi) is 5.41. The maximum atomic E-state index is 6.16. The molecular formula is C19H26ClN5O. The molecule has 0 radical (unpaired) electrons. The van der Waals surface area contributed by atoms with Gasteiger partial charge in [-0.1, -0.05) is 32.4 Å². The highest BCUT2D eigenvalue weighted by molar-refractivity contribution is 6.30. The Bertz CT molecular complexity index is 755. The van der Waals surface area contributed by atoms with Crippen LogP contribution >= 0.6 is 11.6 Å². The van der Waals surface area contributed by atoms with Gasteiger partial charge in [0.25, 0.3) is 0 Å². The van der Waals surface area contributed by atoms with Gasteiger partial charge in [-0.2, -0.15) is 0 Å². The summed E-state index contributed by atoms with van der Waals surface area (Å²) >= 11 is 5.96. The fourth-order valence-corrected chi connectivity index (χ4v) is 2.95. The third kappa shape index (κ3) is 4.49. The smallest absolute Gasteiger partial charge is 0.216 e. The summed E-state index contributed by atoms with van der Waals surface area (Å²) in [6.45, 7) is 10.1. The van der Waals surface area contributed by atoms with E-state index in [0.717, 1.165) is 37.0 Å². The van der Waals surface area contributed by atoms with Crippen LogP contribution in [0.4, 0.5) is 5.69 Å². The molecule has 6 nitrogen and oxygen atoms in total. The molecule has 140 valence electrons. The van der Waals surface area contributed by atoms with Crippen LogP contribution < -0.4 is 10.6 Å². The zero-order chi connectivity index (χ0) is 18.7. The lowest BCUT2D eigenvalue weighted by Crippen LogP contribution is -2.51. The summed E-state index contributed by atoms with van der Waals surface area (Å²) in [5.41, 5.74) is 7.29. The van der Waals surface area contributed by atoms with Gasteiger partial charge >= 0.3 is 0 Å². The summed E-state index contributed by atoms with van der Waals surface area (Å²) < 4.78 is 5.76. The summed E-state index contributed by atoms with van der Waals surface area (Å²) in [5, 5.41) is 0.755. The monoisotopic (exact) mass is 375 g/mol. The SMILES string of the molecule is CC(C)(C)c1cnc(CN=C(N)N2CCN(c3ccc(Cl)cc3)CC2)o1. The van der Waals surface area contributed by atoms with Crippen molar-refractivity contribution in [2.45, 2.75) is 32.7 Å². The zero-order valence-electron chi connectivity index (χ0n) is 15.6. The van der Waals surface area contributed by atoms with Gasteiger partial charge in [-0.15, -0.1) is 0 Å². The lowest BCUT2D eigenvalue weighted by Gasteiger charge is -2.36. The third-order valence-corrected chi connectivity index (χ3v) is 4.72. The predicted octanol–water partition coefficient (Wildman–Crippen LogP) is 3.26. The van der Waals surface area contributed by atoms with Crippen LogP contribution in [0.1, 0.15) is 32.4 Å². The number of nitrogens with two attached hydrogens (primary N) is 1. The summed E-state index contributed by atoms with van der Waals surface area (Å²) in [4.78, 5) is 13.2. The number of nitrogens with zero attached hydrogens (tertiary/aromatic N) is 4. The van der Waals surface area contributed by atoms with Crippen LogP contribution in [0, 0.1) is 0 Å². The van der Waals surface area contributed by atoms with Gasteiger partial charge in [0, 0.05) is 42.3 Å². The first kappa shape index (κ1) is 18.6. The van der Waals surface area contributed by atoms with Crippen molar-refractivity contribution >= 4 is 23.2 Å². The van der Waals surface area contributed by atoms with Gasteiger partial charge in [0.05, 0.1) is 6.20 Å². The van der Waals surface area contributed by atoms with Crippen LogP contribution in [-0.2, 0) is 12.0 Å². The van der Waals surface area contributed by atoms with E-state index in [0.29, 0.717) is 18.4 Å². The first-order valence-corrected chi connectivity index (χ1v) is 9.21. The van der Waals surface area contributed by atoms with E-state index in [2.05, 4.69) is 40.5 Å². The molecule has 1 aromatic carbocycles. The molecule has 1 aromatic heterocycles. The third-order valence-electron chi connectivity index (χ3n) is 4.46. The molecule has 1 aliphatic heterocycles. The first-order chi connectivity index (χ1) is 12.3. The number of rotatable bonds is 3. The molecule has 0 saturated carbocycles. The van der Waals surface area contributed by atoms with E-state index in [1.807, 2.05) is 24.3 Å². The Hall–Kier alpha value is -2.21. The highest BCUT2D eigenvalue weighted by atomic mass is 35.5. The number of oxazole rings is 1. The summed E-state index contributed by atoms with van der Waals surface area (Å²) in [6, 6.07) is 7.93. The number of halogens is 1. The van der Waals surface area contributed by atoms with Crippen molar-refractivity contribution in [1.29, 1.82) is 0 Å². The molecule has 2 aromatic rings. The molecule has 0 unspecified atom stereocenters. The normalized spacial score (nSPS) is 16.2. The van der Waals surface area contributed by atoms with E-state index in [9.17, 15) is 0 Å². The van der Waals surface area contributed by atoms with Crippen LogP contribution in [-0.4, -0.2) is 42.0 Å². The lowest BCUT2D eigenvalue weighted by atomic mass is 9.94. The predicted molar refractivity (Wildman–Crippen MR) is 106 cm³/mol. The fraction of sp³-hybridized carbons (Fsp3) is 0.474. The quantitative estimate of drug-likeness (QED) is 0.658. The largest absolute Gasteiger partial charge is 0.443 e. The van der Waals surface area contributed by atoms with Crippen molar-refractivity contribution in [3.8, 4) is 0 Å². The first-order valence-electron chi connectivity index (χ1n) is 8.83. The van der Waals surface area contributed by atoms with Crippen molar-refractivity contribution < 1.29 is 4.42 Å². The molecule has 0 amide bonds. The molecular weight excluding hydrogens is 350 g/mol. The number of aliphatic imine (C=N–C) groups is 1. The molecule has 3 rings (SSSR count). The van der Waals surface area contributed by atoms with Gasteiger partial charge in [-0.05, 0) is 24.3 Å². The maximum Gasteiger partial charge on any atom is 0.216 e. The van der Waals surface area contributed by atoms with E-state index in [1.54, 1.807) is 6.20 Å². The summed E-state index contributed by atoms with van der Waals surface area (Å²) in [5.74, 6) is 1.99. The highest BCUT2D eigenvalue weighted by Gasteiger charge is 2.20. The Morgan fingerprint density at radius 1 is 1.19 bits per heavy atom. The Balaban J connectivity index is 1.54. The van der Waals surface area contributed by atoms with Crippen LogP contribution in [0.2, 0.25) is 5.02 Å². The molecule has 1 saturated heterocycles. The Morgan fingerprint density at radius 2 is 1.85 bits per heavy atom. The fourth-order valence-electron chi connectivity index (χ4n) is 2.82. The Labute approximate surface area is 159 Å². The van der Waals surface area contributed by atoms with E-state index in [-0.39, 0.29) is 5.41 Å². The molecule has 0 bridgehead atoms. The van der Waals surface area contributed by atoms with Crippen LogP contribution in [0.5, 0.6) is 0 Å². The van der Waals surface area contributed by atoms with Crippen molar-refractivity contribution in [2.24, 2.45) is 10.7 Å². The molecule has 2 heterocycles. The average Bonchev–Trinajstić information content (AvgIpc) is 3.10. The van der Waals surface area contributed by atoms with E-state index in [4.69, 9.17) is 21.8 Å². The number of benzene rings is 1. The summed E-state index contributed by atoms with van der Waals surface area (Å²) in [6.07, 6.45) is 1.77. The standard InChI is InChI=1S/C19H26ClN5O/c1-19(2,3)16-12-22-17(26-16)13-23-18(21)25-10-8-24(9-11-25)15-6-4-14(20)5-7-15/h4-7,12H,8-11,13H2,1-3H3,(H2,21,23). The molecule has 2 N–H and O–H groups in total. The van der Waals surface area contributed by atoms with E-state index >= 15 is 0 Å². The number of guanidine groups is 1. The van der Waals surface area contributed by atoms with Gasteiger partial charge < -0.3 is 20.0 Å². The van der Waals surface area contributed by atoms with E-state index < -0.39 is 0 Å². The minimum Gasteiger partial charge on any atom is -0.443 e. The van der Waals surface area contributed by atoms with Crippen LogP contribution in [0.25, 0.3) is 0 Å². The number of hydrogen-bond donors (Lipinski definition) is 1. The van der Waals surface area contributed by atoms with Gasteiger partial charge in [0.2, 0.25) is 5.89 Å². The average molecular weight is 376 g/mol. The van der Waals surface area contributed by atoms with Crippen LogP contribution in [0.15, 0.2) is 39.9 Å². The summed E-state index contributed by atoms with van der Waals surface area (Å²) in [7, 11) is 0. The molecule has 0 spiro atoms. The van der Waals surface area contributed by atoms with Gasteiger partial charge in [-0.3, -0.25) is 0 Å². The lowest BCUT2D eigenvalue weighted by molar-refractivity contribution is 0.373. The molecule has 0 aliphatic carbocycles. The molecule has 1 fully saturated rings. The second kappa shape index (κ2) is 7.58.